The van der Waals surface area contributed by atoms with E-state index in [1.54, 1.807) is 0 Å². The zero-order valence-corrected chi connectivity index (χ0v) is 13.6. The first kappa shape index (κ1) is 14.2. The van der Waals surface area contributed by atoms with Crippen molar-refractivity contribution in [2.24, 2.45) is 0 Å². The quantitative estimate of drug-likeness (QED) is 0.764. The lowest BCUT2D eigenvalue weighted by molar-refractivity contribution is 0.0699. The molecular weight excluding hydrogens is 354 g/mol. The predicted octanol–water partition coefficient (Wildman–Crippen LogP) is 4.53. The van der Waals surface area contributed by atoms with Crippen LogP contribution in [0.4, 0.5) is 0 Å². The Morgan fingerprint density at radius 3 is 2.50 bits per heavy atom. The van der Waals surface area contributed by atoms with Crippen LogP contribution in [0, 0.1) is 0 Å². The molecule has 1 unspecified atom stereocenters. The summed E-state index contributed by atoms with van der Waals surface area (Å²) in [5.41, 5.74) is 0.749. The fourth-order valence-corrected chi connectivity index (χ4v) is 4.29. The molecular formula is C11H15Br2NOS. The topological polar surface area (TPSA) is 20.3 Å². The van der Waals surface area contributed by atoms with Gasteiger partial charge in [-0.25, -0.2) is 0 Å². The summed E-state index contributed by atoms with van der Waals surface area (Å²) in [6.07, 6.45) is 0.975. The molecule has 0 aliphatic heterocycles. The molecule has 0 N–H and O–H groups in total. The molecule has 1 amide bonds. The van der Waals surface area contributed by atoms with Crippen LogP contribution >= 0.6 is 43.2 Å². The number of carbonyl (C=O) groups excluding carboxylic acids is 1. The summed E-state index contributed by atoms with van der Waals surface area (Å²) in [7, 11) is 0. The van der Waals surface area contributed by atoms with Gasteiger partial charge in [-0.15, -0.1) is 11.3 Å². The molecule has 0 saturated heterocycles. The third-order valence-corrected chi connectivity index (χ3v) is 4.95. The minimum atomic E-state index is 0.102. The van der Waals surface area contributed by atoms with Crippen molar-refractivity contribution in [3.05, 3.63) is 19.2 Å². The highest BCUT2D eigenvalue weighted by Crippen LogP contribution is 2.32. The third kappa shape index (κ3) is 3.08. The van der Waals surface area contributed by atoms with E-state index >= 15 is 0 Å². The van der Waals surface area contributed by atoms with Gasteiger partial charge in [0.25, 0.3) is 5.91 Å². The van der Waals surface area contributed by atoms with Crippen LogP contribution in [0.3, 0.4) is 0 Å². The molecule has 0 aromatic carbocycles. The fraction of sp³-hybridized carbons (Fsp3) is 0.545. The summed E-state index contributed by atoms with van der Waals surface area (Å²) in [4.78, 5) is 14.2. The highest BCUT2D eigenvalue weighted by molar-refractivity contribution is 9.12. The van der Waals surface area contributed by atoms with Gasteiger partial charge >= 0.3 is 0 Å². The van der Waals surface area contributed by atoms with Crippen LogP contribution in [-0.4, -0.2) is 23.4 Å². The van der Waals surface area contributed by atoms with Crippen LogP contribution < -0.4 is 0 Å². The van der Waals surface area contributed by atoms with E-state index in [1.807, 2.05) is 17.9 Å². The molecule has 1 heterocycles. The number of amides is 1. The number of hydrogen-bond acceptors (Lipinski definition) is 2. The summed E-state index contributed by atoms with van der Waals surface area (Å²) in [5, 5.41) is 0. The lowest BCUT2D eigenvalue weighted by atomic mass is 10.2. The van der Waals surface area contributed by atoms with E-state index < -0.39 is 0 Å². The van der Waals surface area contributed by atoms with Gasteiger partial charge in [0.2, 0.25) is 0 Å². The van der Waals surface area contributed by atoms with Crippen molar-refractivity contribution in [1.82, 2.24) is 4.90 Å². The smallest absolute Gasteiger partial charge is 0.256 e. The Balaban J connectivity index is 2.95. The molecule has 5 heteroatoms. The van der Waals surface area contributed by atoms with Crippen molar-refractivity contribution in [3.63, 3.8) is 0 Å². The maximum absolute atomic E-state index is 12.3. The van der Waals surface area contributed by atoms with Crippen LogP contribution in [0.15, 0.2) is 13.6 Å². The molecule has 16 heavy (non-hydrogen) atoms. The monoisotopic (exact) mass is 367 g/mol. The molecule has 0 aliphatic rings. The molecule has 0 radical (unpaired) electrons. The van der Waals surface area contributed by atoms with E-state index in [-0.39, 0.29) is 11.9 Å². The normalized spacial score (nSPS) is 12.6. The number of hydrogen-bond donors (Lipinski definition) is 0. The van der Waals surface area contributed by atoms with Crippen LogP contribution in [0.2, 0.25) is 0 Å². The first-order valence-electron chi connectivity index (χ1n) is 5.27. The van der Waals surface area contributed by atoms with Gasteiger partial charge in [0, 0.05) is 12.6 Å². The van der Waals surface area contributed by atoms with Crippen molar-refractivity contribution >= 4 is 49.1 Å². The van der Waals surface area contributed by atoms with Crippen molar-refractivity contribution in [2.75, 3.05) is 6.54 Å². The second kappa shape index (κ2) is 6.17. The van der Waals surface area contributed by atoms with Gasteiger partial charge in [-0.2, -0.15) is 0 Å². The number of thiophene rings is 1. The average molecular weight is 369 g/mol. The maximum atomic E-state index is 12.3. The zero-order valence-electron chi connectivity index (χ0n) is 9.59. The molecule has 1 rings (SSSR count). The standard InChI is InChI=1S/C11H15Br2NOS/c1-4-7(3)14(5-2)11(15)8-6-9(12)16-10(8)13/h6-7H,4-5H2,1-3H3. The SMILES string of the molecule is CCC(C)N(CC)C(=O)c1cc(Br)sc1Br. The molecule has 0 saturated carbocycles. The van der Waals surface area contributed by atoms with Crippen LogP contribution in [0.5, 0.6) is 0 Å². The zero-order chi connectivity index (χ0) is 12.3. The second-order valence-corrected chi connectivity index (χ2v) is 7.34. The molecule has 2 nitrogen and oxygen atoms in total. The highest BCUT2D eigenvalue weighted by atomic mass is 79.9. The molecule has 0 bridgehead atoms. The van der Waals surface area contributed by atoms with Crippen molar-refractivity contribution in [1.29, 1.82) is 0 Å². The van der Waals surface area contributed by atoms with Gasteiger partial charge < -0.3 is 4.90 Å². The predicted molar refractivity (Wildman–Crippen MR) is 76.2 cm³/mol. The Bertz CT molecular complexity index is 378. The largest absolute Gasteiger partial charge is 0.336 e. The van der Waals surface area contributed by atoms with Crippen LogP contribution in [-0.2, 0) is 0 Å². The Morgan fingerprint density at radius 1 is 1.50 bits per heavy atom. The number of carbonyl (C=O) groups is 1. The second-order valence-electron chi connectivity index (χ2n) is 3.59. The lowest BCUT2D eigenvalue weighted by Crippen LogP contribution is -2.38. The molecule has 90 valence electrons. The summed E-state index contributed by atoms with van der Waals surface area (Å²) in [6.45, 7) is 6.93. The van der Waals surface area contributed by atoms with Crippen molar-refractivity contribution < 1.29 is 4.79 Å². The van der Waals surface area contributed by atoms with E-state index in [1.165, 1.54) is 11.3 Å². The fourth-order valence-electron chi connectivity index (χ4n) is 1.52. The number of nitrogens with zero attached hydrogens (tertiary/aromatic N) is 1. The summed E-state index contributed by atoms with van der Waals surface area (Å²) in [5.74, 6) is 0.102. The minimum absolute atomic E-state index is 0.102. The Hall–Kier alpha value is 0.130. The first-order valence-corrected chi connectivity index (χ1v) is 7.67. The number of rotatable bonds is 4. The van der Waals surface area contributed by atoms with Gasteiger partial charge in [-0.1, -0.05) is 6.92 Å². The van der Waals surface area contributed by atoms with Gasteiger partial charge in [0.05, 0.1) is 13.1 Å². The molecule has 1 atom stereocenters. The molecule has 0 spiro atoms. The van der Waals surface area contributed by atoms with Gasteiger partial charge in [0.1, 0.15) is 0 Å². The van der Waals surface area contributed by atoms with Crippen LogP contribution in [0.25, 0.3) is 0 Å². The van der Waals surface area contributed by atoms with Crippen molar-refractivity contribution in [2.45, 2.75) is 33.2 Å². The van der Waals surface area contributed by atoms with Gasteiger partial charge in [-0.3, -0.25) is 4.79 Å². The van der Waals surface area contributed by atoms with Gasteiger partial charge in [-0.05, 0) is 58.2 Å². The van der Waals surface area contributed by atoms with E-state index in [0.29, 0.717) is 0 Å². The van der Waals surface area contributed by atoms with E-state index in [2.05, 4.69) is 45.7 Å². The number of halogens is 2. The summed E-state index contributed by atoms with van der Waals surface area (Å²) in [6, 6.07) is 2.16. The Kier molecular flexibility index (Phi) is 5.47. The molecule has 1 aromatic rings. The average Bonchev–Trinajstić information content (AvgIpc) is 2.58. The highest BCUT2D eigenvalue weighted by Gasteiger charge is 2.22. The molecule has 0 aliphatic carbocycles. The third-order valence-electron chi connectivity index (χ3n) is 2.61. The first-order chi connectivity index (χ1) is 7.51. The van der Waals surface area contributed by atoms with E-state index in [0.717, 1.165) is 26.1 Å². The van der Waals surface area contributed by atoms with E-state index in [4.69, 9.17) is 0 Å². The van der Waals surface area contributed by atoms with E-state index in [9.17, 15) is 4.79 Å². The maximum Gasteiger partial charge on any atom is 0.256 e. The summed E-state index contributed by atoms with van der Waals surface area (Å²) >= 11 is 8.35. The molecule has 0 fully saturated rings. The van der Waals surface area contributed by atoms with Crippen LogP contribution in [0.1, 0.15) is 37.6 Å². The lowest BCUT2D eigenvalue weighted by Gasteiger charge is -2.27. The van der Waals surface area contributed by atoms with Gasteiger partial charge in [0.15, 0.2) is 0 Å². The minimum Gasteiger partial charge on any atom is -0.336 e. The Morgan fingerprint density at radius 2 is 2.12 bits per heavy atom. The summed E-state index contributed by atoms with van der Waals surface area (Å²) < 4.78 is 1.87. The molecule has 1 aromatic heterocycles. The Labute approximate surface area is 117 Å². The van der Waals surface area contributed by atoms with Crippen molar-refractivity contribution in [3.8, 4) is 0 Å².